The Morgan fingerprint density at radius 1 is 1.09 bits per heavy atom. The van der Waals surface area contributed by atoms with Crippen molar-refractivity contribution in [3.05, 3.63) is 59.5 Å². The zero-order valence-corrected chi connectivity index (χ0v) is 11.8. The van der Waals surface area contributed by atoms with Crippen molar-refractivity contribution >= 4 is 28.9 Å². The SMILES string of the molecule is C=CCOC(=O)C1=NC2=c3c1cccc3=C2C(=O)OCC=C. The average molecular weight is 295 g/mol. The molecule has 2 aliphatic rings. The van der Waals surface area contributed by atoms with Crippen LogP contribution in [0, 0.1) is 0 Å². The number of benzene rings is 1. The van der Waals surface area contributed by atoms with Gasteiger partial charge in [-0.05, 0) is 0 Å². The molecule has 0 unspecified atom stereocenters. The highest BCUT2D eigenvalue weighted by Crippen LogP contribution is 2.24. The Hall–Kier alpha value is -2.95. The molecular weight excluding hydrogens is 282 g/mol. The molecule has 1 aromatic rings. The van der Waals surface area contributed by atoms with Gasteiger partial charge in [-0.25, -0.2) is 14.6 Å². The summed E-state index contributed by atoms with van der Waals surface area (Å²) in [6.07, 6.45) is 2.98. The normalized spacial score (nSPS) is 13.7. The van der Waals surface area contributed by atoms with E-state index in [0.29, 0.717) is 16.8 Å². The maximum atomic E-state index is 12.1. The smallest absolute Gasteiger partial charge is 0.357 e. The van der Waals surface area contributed by atoms with Gasteiger partial charge in [0.25, 0.3) is 0 Å². The molecule has 0 bridgehead atoms. The summed E-state index contributed by atoms with van der Waals surface area (Å²) < 4.78 is 10.1. The van der Waals surface area contributed by atoms with Crippen LogP contribution in [0.1, 0.15) is 5.56 Å². The summed E-state index contributed by atoms with van der Waals surface area (Å²) in [5, 5.41) is 1.55. The van der Waals surface area contributed by atoms with Crippen molar-refractivity contribution in [3.63, 3.8) is 0 Å². The van der Waals surface area contributed by atoms with Gasteiger partial charge >= 0.3 is 11.9 Å². The zero-order valence-electron chi connectivity index (χ0n) is 11.8. The van der Waals surface area contributed by atoms with Crippen molar-refractivity contribution in [1.82, 2.24) is 0 Å². The Morgan fingerprint density at radius 3 is 2.45 bits per heavy atom. The molecule has 110 valence electrons. The molecule has 0 atom stereocenters. The van der Waals surface area contributed by atoms with Crippen LogP contribution in [-0.4, -0.2) is 30.9 Å². The summed E-state index contributed by atoms with van der Waals surface area (Å²) in [6, 6.07) is 5.36. The molecule has 5 heteroatoms. The molecule has 1 aliphatic heterocycles. The second-order valence-electron chi connectivity index (χ2n) is 4.69. The topological polar surface area (TPSA) is 65.0 Å². The van der Waals surface area contributed by atoms with Gasteiger partial charge in [0.1, 0.15) is 13.2 Å². The molecule has 0 N–H and O–H groups in total. The fourth-order valence-electron chi connectivity index (χ4n) is 2.46. The third kappa shape index (κ3) is 1.98. The van der Waals surface area contributed by atoms with Crippen LogP contribution in [-0.2, 0) is 19.1 Å². The first-order valence-corrected chi connectivity index (χ1v) is 6.72. The largest absolute Gasteiger partial charge is 0.458 e. The Kier molecular flexibility index (Phi) is 3.47. The minimum absolute atomic E-state index is 0.111. The lowest BCUT2D eigenvalue weighted by Crippen LogP contribution is -2.42. The van der Waals surface area contributed by atoms with Gasteiger partial charge in [0.15, 0.2) is 5.71 Å². The van der Waals surface area contributed by atoms with Gasteiger partial charge in [-0.3, -0.25) is 0 Å². The van der Waals surface area contributed by atoms with E-state index in [1.165, 1.54) is 12.2 Å². The van der Waals surface area contributed by atoms with Crippen molar-refractivity contribution in [3.8, 4) is 0 Å². The molecule has 1 heterocycles. The van der Waals surface area contributed by atoms with E-state index in [1.807, 2.05) is 0 Å². The second-order valence-corrected chi connectivity index (χ2v) is 4.69. The molecule has 0 fully saturated rings. The average Bonchev–Trinajstić information content (AvgIpc) is 2.87. The quantitative estimate of drug-likeness (QED) is 0.556. The Labute approximate surface area is 126 Å². The van der Waals surface area contributed by atoms with Crippen LogP contribution in [0.4, 0.5) is 0 Å². The van der Waals surface area contributed by atoms with E-state index in [1.54, 1.807) is 18.2 Å². The summed E-state index contributed by atoms with van der Waals surface area (Å²) >= 11 is 0. The molecule has 0 saturated heterocycles. The van der Waals surface area contributed by atoms with E-state index in [2.05, 4.69) is 18.2 Å². The molecule has 1 aliphatic carbocycles. The number of ether oxygens (including phenoxy) is 2. The minimum atomic E-state index is -0.533. The number of esters is 2. The Balaban J connectivity index is 1.95. The minimum Gasteiger partial charge on any atom is -0.458 e. The predicted octanol–water partition coefficient (Wildman–Crippen LogP) is 0.220. The maximum Gasteiger partial charge on any atom is 0.357 e. The van der Waals surface area contributed by atoms with E-state index in [0.717, 1.165) is 10.4 Å². The lowest BCUT2D eigenvalue weighted by Gasteiger charge is -2.13. The van der Waals surface area contributed by atoms with E-state index in [9.17, 15) is 9.59 Å². The highest BCUT2D eigenvalue weighted by Gasteiger charge is 2.34. The first-order chi connectivity index (χ1) is 10.7. The summed E-state index contributed by atoms with van der Waals surface area (Å²) in [6.45, 7) is 7.24. The van der Waals surface area contributed by atoms with Crippen LogP contribution < -0.4 is 10.4 Å². The van der Waals surface area contributed by atoms with Crippen LogP contribution in [0.2, 0.25) is 0 Å². The second kappa shape index (κ2) is 5.44. The molecule has 3 rings (SSSR count). The summed E-state index contributed by atoms with van der Waals surface area (Å²) in [5.74, 6) is -1.00. The number of hydrogen-bond donors (Lipinski definition) is 0. The zero-order chi connectivity index (χ0) is 15.7. The molecule has 22 heavy (non-hydrogen) atoms. The van der Waals surface area contributed by atoms with Crippen molar-refractivity contribution in [2.24, 2.45) is 4.99 Å². The van der Waals surface area contributed by atoms with E-state index in [4.69, 9.17) is 9.47 Å². The number of rotatable bonds is 6. The molecule has 0 radical (unpaired) electrons. The van der Waals surface area contributed by atoms with Crippen LogP contribution in [0.5, 0.6) is 0 Å². The van der Waals surface area contributed by atoms with Crippen molar-refractivity contribution in [1.29, 1.82) is 0 Å². The van der Waals surface area contributed by atoms with Gasteiger partial charge in [-0.15, -0.1) is 0 Å². The third-order valence-electron chi connectivity index (χ3n) is 3.35. The van der Waals surface area contributed by atoms with Crippen LogP contribution in [0.25, 0.3) is 11.3 Å². The highest BCUT2D eigenvalue weighted by atomic mass is 16.5. The van der Waals surface area contributed by atoms with Crippen molar-refractivity contribution < 1.29 is 19.1 Å². The first-order valence-electron chi connectivity index (χ1n) is 6.72. The molecule has 1 aromatic carbocycles. The molecule has 0 amide bonds. The van der Waals surface area contributed by atoms with E-state index < -0.39 is 11.9 Å². The van der Waals surface area contributed by atoms with E-state index >= 15 is 0 Å². The number of carbonyl (C=O) groups is 2. The summed E-state index contributed by atoms with van der Waals surface area (Å²) in [7, 11) is 0. The lowest BCUT2D eigenvalue weighted by atomic mass is 9.94. The van der Waals surface area contributed by atoms with Gasteiger partial charge in [0.2, 0.25) is 0 Å². The monoisotopic (exact) mass is 295 g/mol. The van der Waals surface area contributed by atoms with Gasteiger partial charge < -0.3 is 9.47 Å². The standard InChI is InChI=1S/C17H13NO4/c1-3-8-21-16(19)13-10-6-5-7-11-12(10)15(13)18-14(11)17(20)22-9-4-2/h3-7H,1-2,8-9H2. The number of aliphatic imine (C=N–C) groups is 1. The summed E-state index contributed by atoms with van der Waals surface area (Å²) in [4.78, 5) is 28.3. The number of hydrogen-bond acceptors (Lipinski definition) is 5. The van der Waals surface area contributed by atoms with Crippen molar-refractivity contribution in [2.75, 3.05) is 13.2 Å². The van der Waals surface area contributed by atoms with Gasteiger partial charge in [0.05, 0.1) is 11.3 Å². The number of nitrogens with zero attached hydrogens (tertiary/aromatic N) is 1. The summed E-state index contributed by atoms with van der Waals surface area (Å²) in [5.41, 5.74) is 1.78. The molecular formula is C17H13NO4. The Bertz CT molecular complexity index is 861. The number of carbonyl (C=O) groups excluding carboxylic acids is 2. The molecule has 0 saturated carbocycles. The van der Waals surface area contributed by atoms with Crippen LogP contribution in [0.15, 0.2) is 48.5 Å². The predicted molar refractivity (Wildman–Crippen MR) is 81.4 cm³/mol. The fraction of sp³-hybridized carbons (Fsp3) is 0.118. The molecule has 0 spiro atoms. The highest BCUT2D eigenvalue weighted by molar-refractivity contribution is 6.47. The Morgan fingerprint density at radius 2 is 1.77 bits per heavy atom. The maximum absolute atomic E-state index is 12.1. The third-order valence-corrected chi connectivity index (χ3v) is 3.35. The van der Waals surface area contributed by atoms with E-state index in [-0.39, 0.29) is 18.9 Å². The van der Waals surface area contributed by atoms with Gasteiger partial charge in [-0.1, -0.05) is 43.5 Å². The van der Waals surface area contributed by atoms with Crippen LogP contribution in [0.3, 0.4) is 0 Å². The van der Waals surface area contributed by atoms with Crippen molar-refractivity contribution in [2.45, 2.75) is 0 Å². The first kappa shape index (κ1) is 14.0. The fourth-order valence-corrected chi connectivity index (χ4v) is 2.46. The van der Waals surface area contributed by atoms with Gasteiger partial charge in [-0.2, -0.15) is 0 Å². The van der Waals surface area contributed by atoms with Gasteiger partial charge in [0, 0.05) is 16.0 Å². The van der Waals surface area contributed by atoms with Crippen LogP contribution >= 0.6 is 0 Å². The molecule has 5 nitrogen and oxygen atoms in total. The lowest BCUT2D eigenvalue weighted by molar-refractivity contribution is -0.135. The molecule has 0 aromatic heterocycles.